The molecule has 5 fully saturated rings. The first-order chi connectivity index (χ1) is 68.3. The van der Waals surface area contributed by atoms with Gasteiger partial charge in [0.2, 0.25) is 5.95 Å². The molecule has 24 atom stereocenters. The molecule has 786 valence electrons. The number of hydrogen-bond acceptors (Lipinski definition) is 43. The molecule has 12 heterocycles. The van der Waals surface area contributed by atoms with Crippen molar-refractivity contribution in [2.45, 2.75) is 204 Å². The number of imidazole rings is 2. The maximum Gasteiger partial charge on any atom is 0.380 e. The second-order valence-electron chi connectivity index (χ2n) is 34.3. The minimum Gasteiger partial charge on any atom is -0.463 e. The van der Waals surface area contributed by atoms with Crippen molar-refractivity contribution >= 4 is 74.8 Å². The molecule has 0 amide bonds. The molecule has 15 N–H and O–H groups in total. The number of aliphatic hydroxyl groups is 7. The Balaban J connectivity index is 0.000000175. The van der Waals surface area contributed by atoms with Crippen LogP contribution in [-0.2, 0) is 89.0 Å². The van der Waals surface area contributed by atoms with Crippen molar-refractivity contribution in [3.63, 3.8) is 0 Å². The minimum absolute atomic E-state index is 0.0660. The molecule has 144 heavy (non-hydrogen) atoms. The molecular formula is C88H116FN16O36P3. The van der Waals surface area contributed by atoms with Gasteiger partial charge >= 0.3 is 57.8 Å². The molecule has 0 radical (unpaired) electrons. The predicted molar refractivity (Wildman–Crippen MR) is 503 cm³/mol. The fraction of sp³-hybridized carbons (Fsp3) is 0.511. The van der Waals surface area contributed by atoms with Crippen molar-refractivity contribution in [3.05, 3.63) is 220 Å². The van der Waals surface area contributed by atoms with Gasteiger partial charge in [0.1, 0.15) is 90.1 Å². The molecule has 56 heteroatoms. The second kappa shape index (κ2) is 50.6. The molecule has 5 aliphatic rings. The maximum absolute atomic E-state index is 14.8. The van der Waals surface area contributed by atoms with Crippen LogP contribution >= 0.6 is 22.8 Å². The summed E-state index contributed by atoms with van der Waals surface area (Å²) < 4.78 is 150. The van der Waals surface area contributed by atoms with E-state index >= 15 is 0 Å². The van der Waals surface area contributed by atoms with Crippen LogP contribution in [0, 0.1) is 17.8 Å². The zero-order valence-corrected chi connectivity index (χ0v) is 82.3. The van der Waals surface area contributed by atoms with Crippen LogP contribution in [0.2, 0.25) is 0 Å². The first kappa shape index (κ1) is 112. The normalized spacial score (nSPS) is 25.2. The highest BCUT2D eigenvalue weighted by Gasteiger charge is 2.51. The Kier molecular flexibility index (Phi) is 39.5. The van der Waals surface area contributed by atoms with Gasteiger partial charge in [0.15, 0.2) is 59.9 Å². The Labute approximate surface area is 817 Å². The Hall–Kier alpha value is -12.0. The van der Waals surface area contributed by atoms with E-state index in [4.69, 9.17) is 91.1 Å². The fourth-order valence-electron chi connectivity index (χ4n) is 15.2. The number of carbonyl (C=O) groups excluding carboxylic acids is 3. The summed E-state index contributed by atoms with van der Waals surface area (Å²) in [4.78, 5) is 147. The highest BCUT2D eigenvalue weighted by atomic mass is 31.2. The number of esters is 3. The first-order valence-electron chi connectivity index (χ1n) is 45.1. The quantitative estimate of drug-likeness (QED) is 0.0152. The number of hydrogen-bond donors (Lipinski definition) is 13. The zero-order valence-electron chi connectivity index (χ0n) is 79.6. The molecule has 8 unspecified atom stereocenters. The molecule has 0 aliphatic carbocycles. The number of carbonyl (C=O) groups is 3. The Morgan fingerprint density at radius 2 is 0.812 bits per heavy atom. The van der Waals surface area contributed by atoms with E-state index in [2.05, 4.69) is 39.9 Å². The average Bonchev–Trinajstić information content (AvgIpc) is 1.61. The van der Waals surface area contributed by atoms with Gasteiger partial charge in [0.05, 0.1) is 112 Å². The number of halogens is 1. The number of anilines is 2. The maximum atomic E-state index is 14.8. The van der Waals surface area contributed by atoms with Crippen LogP contribution < -0.4 is 64.3 Å². The molecule has 0 spiro atoms. The molecule has 10 aromatic rings. The van der Waals surface area contributed by atoms with Crippen molar-refractivity contribution in [3.8, 4) is 17.2 Å². The van der Waals surface area contributed by atoms with Crippen LogP contribution in [0.3, 0.4) is 0 Å². The Morgan fingerprint density at radius 3 is 1.22 bits per heavy atom. The van der Waals surface area contributed by atoms with Crippen molar-refractivity contribution in [2.75, 3.05) is 77.2 Å². The van der Waals surface area contributed by atoms with Gasteiger partial charge in [-0.05, 0) is 77.9 Å². The van der Waals surface area contributed by atoms with Crippen LogP contribution in [0.1, 0.15) is 106 Å². The lowest BCUT2D eigenvalue weighted by Crippen LogP contribution is -2.38. The molecule has 5 aliphatic heterocycles. The number of H-pyrrole nitrogens is 4. The van der Waals surface area contributed by atoms with E-state index in [9.17, 15) is 96.7 Å². The van der Waals surface area contributed by atoms with E-state index in [0.717, 1.165) is 38.1 Å². The molecule has 0 saturated carbocycles. The van der Waals surface area contributed by atoms with E-state index in [0.29, 0.717) is 23.3 Å². The molecule has 3 aromatic carbocycles. The van der Waals surface area contributed by atoms with E-state index in [1.54, 1.807) is 151 Å². The number of ether oxygens (including phenoxy) is 10. The molecule has 7 aromatic heterocycles. The minimum atomic E-state index is -4.05. The SMILES string of the molecule is CC(C)OC(=O)[C@H](C)CP(=O)(OC[C@@H]1CC(O)[C@H](n2ccc(=O)[nH]c2=O)O1)Oc1ccccc1.CC(C)OC(=O)[C@H](C)CP(=O)(OC[C@H]1O[C@@H](n2ccc(=O)[nH]c2=O)C(O)[C@H]1F)Oc1ccccc1.CO[C@@H]1C(O)[C@H](n2ccc(=O)[nH]c2=O)O[C@@H]1COP(=O)(C[C@@H](C)C(=O)OC(C)C)Oc1ccccc1.CO[C@@H]1C(O)[C@H](n2cnc3c(=O)[nH]c(N)nc32)O[C@@H]1CO.Nc1ncnc2c1ncn2[C@@H]1O[C@H](CO)CC1O. The number of rotatable bonds is 36. The van der Waals surface area contributed by atoms with Crippen LogP contribution in [0.25, 0.3) is 22.3 Å². The number of alkyl halides is 1. The third-order valence-electron chi connectivity index (χ3n) is 22.0. The van der Waals surface area contributed by atoms with Gasteiger partial charge in [-0.25, -0.2) is 52.4 Å². The van der Waals surface area contributed by atoms with Gasteiger partial charge in [0.25, 0.3) is 22.2 Å². The largest absolute Gasteiger partial charge is 0.463 e. The number of benzene rings is 3. The summed E-state index contributed by atoms with van der Waals surface area (Å²) in [6.07, 6.45) is -12.7. The summed E-state index contributed by atoms with van der Waals surface area (Å²) in [5, 5.41) is 69.9. The second-order valence-corrected chi connectivity index (χ2v) is 40.4. The topological polar surface area (TPSA) is 716 Å². The fourth-order valence-corrected chi connectivity index (χ4v) is 20.8. The van der Waals surface area contributed by atoms with Crippen molar-refractivity contribution in [1.29, 1.82) is 0 Å². The van der Waals surface area contributed by atoms with Gasteiger partial charge < -0.3 is 108 Å². The van der Waals surface area contributed by atoms with Crippen LogP contribution in [0.15, 0.2) is 180 Å². The number of aromatic nitrogens is 14. The monoisotopic (exact) mass is 2080 g/mol. The molecule has 52 nitrogen and oxygen atoms in total. The lowest BCUT2D eigenvalue weighted by Gasteiger charge is -2.25. The van der Waals surface area contributed by atoms with E-state index < -0.39 is 209 Å². The summed E-state index contributed by atoms with van der Waals surface area (Å²) in [5.41, 5.74) is 7.73. The van der Waals surface area contributed by atoms with Crippen molar-refractivity contribution < 1.29 is 143 Å². The summed E-state index contributed by atoms with van der Waals surface area (Å²) in [5.74, 6) is -3.10. The number of nitrogens with two attached hydrogens (primary N) is 2. The summed E-state index contributed by atoms with van der Waals surface area (Å²) in [6, 6.07) is 28.1. The van der Waals surface area contributed by atoms with Crippen LogP contribution in [-0.4, -0.2) is 285 Å². The molecule has 0 bridgehead atoms. The standard InChI is InChI=1S/C23H31N2O10P.C22H28FN2O9P.C22H29N2O9P.C11H15N5O5.C10H13N5O3/c1-14(2)33-22(28)15(3)13-36(30,35-16-8-6-5-7-9-16)32-12-17-20(31-4)19(27)21(34-17)25-11-10-18(26)24-23(25)29;1-13(2)32-21(28)14(3)12-35(30,34-15-7-5-4-6-8-15)31-11-16-18(23)19(27)20(33-16)25-10-9-17(26)24-22(25)29;1-14(2)31-21(27)15(3)13-34(29,33-16-7-5-4-6-8-16)30-12-17-11-18(25)20(32-17)24-10-9-19(26)23-22(24)28;1-20-7-4(2-17)21-10(6(7)18)16-3-13-5-8(16)14-11(12)15-9(5)19;11-8-7-9(13-3-12-8)15(4-14-7)10-6(17)1-5(2-16)18-10/h5-11,14-15,17,19-21,27H,12-13H2,1-4H3,(H,24,26,29);4-10,13-14,16,18-20,27H,11-12H2,1-3H3,(H,24,26,29);4-10,14-15,17-18,20,25H,11-13H2,1-3H3,(H,23,26,28);3-4,6-7,10,17-18H,2H2,1H3,(H3,12,14,15,19);3-6,10,16-17H,1-2H2,(H2,11,12,13)/t15-,17-,19?,20+,21-,36?;14-,16-,18+,19?,20-,35?;15-,17+,18?,20-,34?;4-,6?,7+,10-;5-,6?,10+/m11110/s1. The number of fused-ring (bicyclic) bond motifs is 2. The molecular weight excluding hydrogens is 1970 g/mol. The Morgan fingerprint density at radius 1 is 0.444 bits per heavy atom. The highest BCUT2D eigenvalue weighted by Crippen LogP contribution is 2.54. The number of nitrogens with one attached hydrogen (secondary N) is 4. The van der Waals surface area contributed by atoms with E-state index in [1.807, 2.05) is 4.98 Å². The molecule has 15 rings (SSSR count). The van der Waals surface area contributed by atoms with Gasteiger partial charge in [0, 0.05) is 63.9 Å². The molecule has 5 saturated heterocycles. The van der Waals surface area contributed by atoms with E-state index in [-0.39, 0.29) is 110 Å². The number of nitrogens with zero attached hydrogens (tertiary/aromatic N) is 10. The third-order valence-corrected chi connectivity index (χ3v) is 28.1. The van der Waals surface area contributed by atoms with Gasteiger partial charge in [-0.1, -0.05) is 75.4 Å². The Bertz CT molecular complexity index is 6540. The van der Waals surface area contributed by atoms with Crippen molar-refractivity contribution in [2.24, 2.45) is 17.8 Å². The van der Waals surface area contributed by atoms with Crippen LogP contribution in [0.4, 0.5) is 16.2 Å². The van der Waals surface area contributed by atoms with Gasteiger partial charge in [-0.15, -0.1) is 0 Å². The third kappa shape index (κ3) is 29.4. The van der Waals surface area contributed by atoms with Crippen molar-refractivity contribution in [1.82, 2.24) is 67.7 Å². The van der Waals surface area contributed by atoms with Crippen LogP contribution in [0.5, 0.6) is 17.2 Å². The number of aromatic amines is 4. The average molecular weight is 2090 g/mol. The summed E-state index contributed by atoms with van der Waals surface area (Å²) in [7, 11) is -9.09. The number of aliphatic hydroxyl groups excluding tert-OH is 7. The van der Waals surface area contributed by atoms with Gasteiger partial charge in [-0.3, -0.25) is 89.9 Å². The smallest absolute Gasteiger partial charge is 0.380 e. The highest BCUT2D eigenvalue weighted by molar-refractivity contribution is 7.55. The summed E-state index contributed by atoms with van der Waals surface area (Å²) >= 11 is 0. The lowest BCUT2D eigenvalue weighted by atomic mass is 10.1. The first-order valence-corrected chi connectivity index (χ1v) is 50.3. The van der Waals surface area contributed by atoms with Gasteiger partial charge in [-0.2, -0.15) is 4.98 Å². The number of nitrogen functional groups attached to an aromatic ring is 2. The summed E-state index contributed by atoms with van der Waals surface area (Å²) in [6.45, 7) is 13.2. The number of para-hydroxylation sites is 3. The lowest BCUT2D eigenvalue weighted by molar-refractivity contribution is -0.152. The zero-order chi connectivity index (χ0) is 105. The predicted octanol–water partition coefficient (Wildman–Crippen LogP) is 2.77. The number of methoxy groups -OCH3 is 2. The van der Waals surface area contributed by atoms with E-state index in [1.165, 1.54) is 57.1 Å².